The van der Waals surface area contributed by atoms with Crippen molar-refractivity contribution in [3.05, 3.63) is 18.0 Å². The minimum absolute atomic E-state index is 0.0157. The normalized spacial score (nSPS) is 26.5. The number of nitrogens with zero attached hydrogens (tertiary/aromatic N) is 3. The number of hydrogen-bond acceptors (Lipinski definition) is 4. The van der Waals surface area contributed by atoms with Crippen LogP contribution in [0.25, 0.3) is 0 Å². The molecule has 2 aliphatic heterocycles. The van der Waals surface area contributed by atoms with Gasteiger partial charge in [0.05, 0.1) is 11.8 Å². The molecule has 0 radical (unpaired) electrons. The Balaban J connectivity index is 1.36. The van der Waals surface area contributed by atoms with Crippen LogP contribution in [0.1, 0.15) is 61.7 Å². The summed E-state index contributed by atoms with van der Waals surface area (Å²) in [4.78, 5) is 27.3. The van der Waals surface area contributed by atoms with E-state index in [0.717, 1.165) is 45.2 Å². The van der Waals surface area contributed by atoms with Crippen LogP contribution in [0.4, 0.5) is 0 Å². The van der Waals surface area contributed by atoms with Gasteiger partial charge in [0.2, 0.25) is 5.91 Å². The predicted molar refractivity (Wildman–Crippen MR) is 97.7 cm³/mol. The molecule has 2 unspecified atom stereocenters. The van der Waals surface area contributed by atoms with Crippen LogP contribution in [-0.4, -0.2) is 57.7 Å². The summed E-state index contributed by atoms with van der Waals surface area (Å²) in [5, 5.41) is 10.8. The molecule has 7 heteroatoms. The van der Waals surface area contributed by atoms with Gasteiger partial charge in [-0.25, -0.2) is 0 Å². The van der Waals surface area contributed by atoms with Gasteiger partial charge in [0.25, 0.3) is 5.91 Å². The van der Waals surface area contributed by atoms with Gasteiger partial charge in [0.1, 0.15) is 6.54 Å². The molecule has 26 heavy (non-hydrogen) atoms. The van der Waals surface area contributed by atoms with E-state index in [1.54, 1.807) is 17.1 Å². The minimum Gasteiger partial charge on any atom is -0.352 e. The van der Waals surface area contributed by atoms with E-state index >= 15 is 0 Å². The zero-order chi connectivity index (χ0) is 17.9. The molecule has 2 amide bonds. The van der Waals surface area contributed by atoms with Gasteiger partial charge in [-0.05, 0) is 38.6 Å². The Kier molecular flexibility index (Phi) is 5.24. The lowest BCUT2D eigenvalue weighted by atomic mass is 9.95. The average molecular weight is 359 g/mol. The molecule has 142 valence electrons. The Hall–Kier alpha value is -1.89. The van der Waals surface area contributed by atoms with Gasteiger partial charge in [0, 0.05) is 30.9 Å². The molecular weight excluding hydrogens is 330 g/mol. The van der Waals surface area contributed by atoms with E-state index in [9.17, 15) is 9.59 Å². The van der Waals surface area contributed by atoms with Crippen molar-refractivity contribution < 1.29 is 9.59 Å². The monoisotopic (exact) mass is 359 g/mol. The molecule has 0 aromatic carbocycles. The molecule has 2 saturated heterocycles. The highest BCUT2D eigenvalue weighted by Gasteiger charge is 2.38. The Morgan fingerprint density at radius 2 is 1.92 bits per heavy atom. The van der Waals surface area contributed by atoms with Crippen molar-refractivity contribution in [3.63, 3.8) is 0 Å². The second-order valence-corrected chi connectivity index (χ2v) is 7.92. The maximum absolute atomic E-state index is 13.0. The van der Waals surface area contributed by atoms with Gasteiger partial charge in [-0.15, -0.1) is 0 Å². The summed E-state index contributed by atoms with van der Waals surface area (Å²) in [5.41, 5.74) is 0.592. The first-order valence-electron chi connectivity index (χ1n) is 10.1. The number of aromatic nitrogens is 2. The summed E-state index contributed by atoms with van der Waals surface area (Å²) in [7, 11) is 0. The summed E-state index contributed by atoms with van der Waals surface area (Å²) in [6.07, 6.45) is 12.3. The lowest BCUT2D eigenvalue weighted by molar-refractivity contribution is -0.122. The zero-order valence-corrected chi connectivity index (χ0v) is 15.3. The largest absolute Gasteiger partial charge is 0.352 e. The van der Waals surface area contributed by atoms with E-state index in [0.29, 0.717) is 17.6 Å². The number of carbonyl (C=O) groups is 2. The summed E-state index contributed by atoms with van der Waals surface area (Å²) >= 11 is 0. The van der Waals surface area contributed by atoms with Gasteiger partial charge in [0.15, 0.2) is 0 Å². The maximum Gasteiger partial charge on any atom is 0.257 e. The summed E-state index contributed by atoms with van der Waals surface area (Å²) in [6, 6.07) is 0.918. The van der Waals surface area contributed by atoms with Crippen molar-refractivity contribution in [1.29, 1.82) is 0 Å². The average Bonchev–Trinajstić information content (AvgIpc) is 3.18. The quantitative estimate of drug-likeness (QED) is 0.849. The van der Waals surface area contributed by atoms with E-state index in [4.69, 9.17) is 0 Å². The third-order valence-electron chi connectivity index (χ3n) is 6.04. The molecule has 3 fully saturated rings. The molecule has 3 heterocycles. The van der Waals surface area contributed by atoms with Gasteiger partial charge in [-0.3, -0.25) is 14.3 Å². The van der Waals surface area contributed by atoms with Crippen LogP contribution < -0.4 is 10.6 Å². The van der Waals surface area contributed by atoms with E-state index in [-0.39, 0.29) is 24.4 Å². The molecule has 2 bridgehead atoms. The summed E-state index contributed by atoms with van der Waals surface area (Å²) < 4.78 is 1.59. The summed E-state index contributed by atoms with van der Waals surface area (Å²) in [5.74, 6) is 0.0400. The van der Waals surface area contributed by atoms with E-state index in [2.05, 4.69) is 15.7 Å². The van der Waals surface area contributed by atoms with Crippen molar-refractivity contribution >= 4 is 11.8 Å². The smallest absolute Gasteiger partial charge is 0.257 e. The van der Waals surface area contributed by atoms with Gasteiger partial charge >= 0.3 is 0 Å². The highest BCUT2D eigenvalue weighted by Crippen LogP contribution is 2.29. The third kappa shape index (κ3) is 3.77. The third-order valence-corrected chi connectivity index (χ3v) is 6.04. The van der Waals surface area contributed by atoms with Crippen LogP contribution in [0.5, 0.6) is 0 Å². The molecule has 3 aliphatic rings. The van der Waals surface area contributed by atoms with Crippen molar-refractivity contribution in [2.75, 3.05) is 13.1 Å². The van der Waals surface area contributed by atoms with Crippen LogP contribution in [0.2, 0.25) is 0 Å². The van der Waals surface area contributed by atoms with Crippen LogP contribution in [0.15, 0.2) is 12.4 Å². The molecule has 1 saturated carbocycles. The second kappa shape index (κ2) is 7.78. The fraction of sp³-hybridized carbons (Fsp3) is 0.737. The Bertz CT molecular complexity index is 638. The van der Waals surface area contributed by atoms with E-state index in [1.807, 2.05) is 4.90 Å². The van der Waals surface area contributed by atoms with Gasteiger partial charge in [-0.2, -0.15) is 5.10 Å². The van der Waals surface area contributed by atoms with Gasteiger partial charge in [-0.1, -0.05) is 19.3 Å². The fourth-order valence-corrected chi connectivity index (χ4v) is 4.69. The lowest BCUT2D eigenvalue weighted by Crippen LogP contribution is -2.42. The number of nitrogens with one attached hydrogen (secondary N) is 2. The molecule has 2 N–H and O–H groups in total. The number of hydrogen-bond donors (Lipinski definition) is 2. The fourth-order valence-electron chi connectivity index (χ4n) is 4.69. The topological polar surface area (TPSA) is 79.3 Å². The number of carbonyl (C=O) groups excluding carboxylic acids is 2. The SMILES string of the molecule is O=C(Cn1cc(C(=O)N2C3CCNCC2CC3)cn1)NC1CCCCC1. The molecule has 1 aliphatic carbocycles. The molecule has 7 nitrogen and oxygen atoms in total. The molecular formula is C19H29N5O2. The van der Waals surface area contributed by atoms with Gasteiger partial charge < -0.3 is 15.5 Å². The molecule has 1 aromatic heterocycles. The highest BCUT2D eigenvalue weighted by molar-refractivity contribution is 5.94. The molecule has 1 aromatic rings. The van der Waals surface area contributed by atoms with Crippen LogP contribution in [0, 0.1) is 0 Å². The standard InChI is InChI=1S/C19H29N5O2/c25-18(22-15-4-2-1-3-5-15)13-23-12-14(10-21-23)19(26)24-16-6-7-17(24)11-20-9-8-16/h10,12,15-17,20H,1-9,11,13H2,(H,22,25). The Morgan fingerprint density at radius 1 is 1.12 bits per heavy atom. The highest BCUT2D eigenvalue weighted by atomic mass is 16.2. The molecule has 2 atom stereocenters. The lowest BCUT2D eigenvalue weighted by Gasteiger charge is -2.27. The Morgan fingerprint density at radius 3 is 2.77 bits per heavy atom. The zero-order valence-electron chi connectivity index (χ0n) is 15.3. The second-order valence-electron chi connectivity index (χ2n) is 7.92. The van der Waals surface area contributed by atoms with E-state index in [1.165, 1.54) is 19.3 Å². The van der Waals surface area contributed by atoms with E-state index < -0.39 is 0 Å². The van der Waals surface area contributed by atoms with Crippen molar-refractivity contribution in [2.24, 2.45) is 0 Å². The van der Waals surface area contributed by atoms with Crippen LogP contribution in [0.3, 0.4) is 0 Å². The minimum atomic E-state index is -0.0157. The number of fused-ring (bicyclic) bond motifs is 2. The molecule has 4 rings (SSSR count). The van der Waals surface area contributed by atoms with Crippen LogP contribution in [-0.2, 0) is 11.3 Å². The summed E-state index contributed by atoms with van der Waals surface area (Å²) in [6.45, 7) is 2.03. The number of amides is 2. The first-order chi connectivity index (χ1) is 12.7. The van der Waals surface area contributed by atoms with Crippen molar-refractivity contribution in [1.82, 2.24) is 25.3 Å². The molecule has 0 spiro atoms. The first-order valence-corrected chi connectivity index (χ1v) is 10.1. The van der Waals surface area contributed by atoms with Crippen molar-refractivity contribution in [3.8, 4) is 0 Å². The van der Waals surface area contributed by atoms with Crippen LogP contribution >= 0.6 is 0 Å². The number of rotatable bonds is 4. The predicted octanol–water partition coefficient (Wildman–Crippen LogP) is 1.30. The first kappa shape index (κ1) is 17.5. The Labute approximate surface area is 154 Å². The maximum atomic E-state index is 13.0. The van der Waals surface area contributed by atoms with Crippen molar-refractivity contribution in [2.45, 2.75) is 76.0 Å².